The lowest BCUT2D eigenvalue weighted by Gasteiger charge is -2.06. The van der Waals surface area contributed by atoms with Crippen molar-refractivity contribution in [1.82, 2.24) is 4.90 Å². The third-order valence-corrected chi connectivity index (χ3v) is 1.06. The molecule has 0 fully saturated rings. The highest BCUT2D eigenvalue weighted by Gasteiger charge is 2.01. The van der Waals surface area contributed by atoms with Gasteiger partial charge in [0.05, 0.1) is 0 Å². The molecule has 0 aromatic carbocycles. The summed E-state index contributed by atoms with van der Waals surface area (Å²) in [6.07, 6.45) is 1.63. The van der Waals surface area contributed by atoms with E-state index in [-0.39, 0.29) is 5.78 Å². The van der Waals surface area contributed by atoms with Crippen LogP contribution < -0.4 is 0 Å². The molecule has 0 saturated heterocycles. The quantitative estimate of drug-likeness (QED) is 0.541. The molecule has 10 heavy (non-hydrogen) atoms. The Kier molecular flexibility index (Phi) is 3.96. The maximum atomic E-state index is 10.9. The second kappa shape index (κ2) is 4.23. The van der Waals surface area contributed by atoms with Gasteiger partial charge in [0.15, 0.2) is 5.78 Å². The van der Waals surface area contributed by atoms with E-state index in [0.29, 0.717) is 12.1 Å². The van der Waals surface area contributed by atoms with E-state index >= 15 is 0 Å². The van der Waals surface area contributed by atoms with Crippen molar-refractivity contribution in [2.24, 2.45) is 0 Å². The largest absolute Gasteiger partial charge is 0.309 e. The molecule has 0 saturated carbocycles. The highest BCUT2D eigenvalue weighted by molar-refractivity contribution is 6.00. The van der Waals surface area contributed by atoms with Crippen molar-refractivity contribution in [3.05, 3.63) is 18.6 Å². The standard InChI is InChI=1S/C8H14NO/c1-7(2)8(10)5-6-9(3)4/h5H,1,6H2,2-4H3. The fraction of sp³-hybridized carbons (Fsp3) is 0.500. The Balaban J connectivity index is 3.50. The predicted octanol–water partition coefficient (Wildman–Crippen LogP) is 0.897. The molecule has 0 aliphatic carbocycles. The van der Waals surface area contributed by atoms with Crippen LogP contribution in [-0.2, 0) is 4.79 Å². The minimum atomic E-state index is 0.0358. The normalized spacial score (nSPS) is 10.0. The highest BCUT2D eigenvalue weighted by atomic mass is 16.1. The maximum absolute atomic E-state index is 10.9. The first-order chi connectivity index (χ1) is 4.54. The number of ketones is 1. The molecule has 0 aromatic rings. The van der Waals surface area contributed by atoms with E-state index < -0.39 is 0 Å². The number of rotatable bonds is 4. The summed E-state index contributed by atoms with van der Waals surface area (Å²) in [5.41, 5.74) is 0.599. The van der Waals surface area contributed by atoms with Gasteiger partial charge in [0, 0.05) is 13.0 Å². The first kappa shape index (κ1) is 9.37. The fourth-order valence-corrected chi connectivity index (χ4v) is 0.440. The molecule has 0 aromatic heterocycles. The lowest BCUT2D eigenvalue weighted by atomic mass is 10.1. The molecule has 0 spiro atoms. The van der Waals surface area contributed by atoms with Crippen molar-refractivity contribution in [2.45, 2.75) is 6.92 Å². The fourth-order valence-electron chi connectivity index (χ4n) is 0.440. The summed E-state index contributed by atoms with van der Waals surface area (Å²) in [4.78, 5) is 12.8. The minimum absolute atomic E-state index is 0.0358. The first-order valence-corrected chi connectivity index (χ1v) is 3.22. The van der Waals surface area contributed by atoms with E-state index in [2.05, 4.69) is 6.58 Å². The van der Waals surface area contributed by atoms with Crippen LogP contribution in [0.1, 0.15) is 6.92 Å². The Labute approximate surface area is 62.5 Å². The zero-order valence-electron chi connectivity index (χ0n) is 6.85. The zero-order chi connectivity index (χ0) is 8.15. The molecular formula is C8H14NO. The molecule has 0 rings (SSSR count). The molecule has 0 heterocycles. The number of hydrogen-bond donors (Lipinski definition) is 0. The van der Waals surface area contributed by atoms with Gasteiger partial charge in [0.2, 0.25) is 0 Å². The topological polar surface area (TPSA) is 20.3 Å². The van der Waals surface area contributed by atoms with Gasteiger partial charge in [-0.3, -0.25) is 4.79 Å². The van der Waals surface area contributed by atoms with Crippen LogP contribution in [0.5, 0.6) is 0 Å². The lowest BCUT2D eigenvalue weighted by Crippen LogP contribution is -2.17. The number of carbonyl (C=O) groups excluding carboxylic acids is 1. The monoisotopic (exact) mass is 140 g/mol. The van der Waals surface area contributed by atoms with Gasteiger partial charge in [-0.15, -0.1) is 0 Å². The third-order valence-electron chi connectivity index (χ3n) is 1.06. The van der Waals surface area contributed by atoms with Gasteiger partial charge < -0.3 is 4.90 Å². The van der Waals surface area contributed by atoms with Crippen LogP contribution in [0.4, 0.5) is 0 Å². The van der Waals surface area contributed by atoms with Crippen LogP contribution in [0.25, 0.3) is 0 Å². The molecule has 0 aliphatic rings. The number of Topliss-reactive ketones (excluding diaryl/α,β-unsaturated/α-hetero) is 1. The van der Waals surface area contributed by atoms with Crippen molar-refractivity contribution >= 4 is 5.78 Å². The van der Waals surface area contributed by atoms with Crippen molar-refractivity contribution in [3.63, 3.8) is 0 Å². The molecule has 0 aliphatic heterocycles. The van der Waals surface area contributed by atoms with E-state index in [1.54, 1.807) is 13.3 Å². The number of allylic oxidation sites excluding steroid dienone is 1. The van der Waals surface area contributed by atoms with Crippen LogP contribution in [-0.4, -0.2) is 31.3 Å². The van der Waals surface area contributed by atoms with Gasteiger partial charge in [-0.1, -0.05) is 6.58 Å². The van der Waals surface area contributed by atoms with E-state index in [1.807, 2.05) is 19.0 Å². The van der Waals surface area contributed by atoms with Crippen molar-refractivity contribution < 1.29 is 4.79 Å². The zero-order valence-corrected chi connectivity index (χ0v) is 6.85. The van der Waals surface area contributed by atoms with E-state index in [0.717, 1.165) is 0 Å². The Morgan fingerprint density at radius 3 is 2.40 bits per heavy atom. The summed E-state index contributed by atoms with van der Waals surface area (Å²) in [5, 5.41) is 0. The van der Waals surface area contributed by atoms with Gasteiger partial charge in [-0.25, -0.2) is 0 Å². The number of hydrogen-bond acceptors (Lipinski definition) is 2. The minimum Gasteiger partial charge on any atom is -0.309 e. The average Bonchev–Trinajstić information content (AvgIpc) is 1.82. The molecule has 57 valence electrons. The molecule has 0 atom stereocenters. The Hall–Kier alpha value is -0.630. The SMILES string of the molecule is C=C(C)C(=O)[CH]CN(C)C. The summed E-state index contributed by atoms with van der Waals surface area (Å²) in [6.45, 7) is 5.94. The molecular weight excluding hydrogens is 126 g/mol. The van der Waals surface area contributed by atoms with Gasteiger partial charge in [0.1, 0.15) is 0 Å². The van der Waals surface area contributed by atoms with Crippen molar-refractivity contribution in [1.29, 1.82) is 0 Å². The predicted molar refractivity (Wildman–Crippen MR) is 42.7 cm³/mol. The van der Waals surface area contributed by atoms with E-state index in [4.69, 9.17) is 0 Å². The third kappa shape index (κ3) is 4.27. The maximum Gasteiger partial charge on any atom is 0.163 e. The van der Waals surface area contributed by atoms with E-state index in [9.17, 15) is 4.79 Å². The molecule has 1 radical (unpaired) electrons. The smallest absolute Gasteiger partial charge is 0.163 e. The summed E-state index contributed by atoms with van der Waals surface area (Å²) in [5.74, 6) is 0.0358. The van der Waals surface area contributed by atoms with Gasteiger partial charge in [-0.2, -0.15) is 0 Å². The van der Waals surface area contributed by atoms with Gasteiger partial charge in [0.25, 0.3) is 0 Å². The van der Waals surface area contributed by atoms with Crippen LogP contribution in [0, 0.1) is 6.42 Å². The second-order valence-corrected chi connectivity index (χ2v) is 2.61. The summed E-state index contributed by atoms with van der Waals surface area (Å²) in [7, 11) is 3.84. The Morgan fingerprint density at radius 1 is 1.60 bits per heavy atom. The molecule has 0 unspecified atom stereocenters. The molecule has 0 bridgehead atoms. The van der Waals surface area contributed by atoms with Gasteiger partial charge in [-0.05, 0) is 26.6 Å². The Bertz CT molecular complexity index is 138. The summed E-state index contributed by atoms with van der Waals surface area (Å²) >= 11 is 0. The van der Waals surface area contributed by atoms with Crippen LogP contribution in [0.3, 0.4) is 0 Å². The van der Waals surface area contributed by atoms with Crippen molar-refractivity contribution in [3.8, 4) is 0 Å². The average molecular weight is 140 g/mol. The lowest BCUT2D eigenvalue weighted by molar-refractivity contribution is -0.112. The molecule has 2 heteroatoms. The Morgan fingerprint density at radius 2 is 2.10 bits per heavy atom. The highest BCUT2D eigenvalue weighted by Crippen LogP contribution is 1.93. The summed E-state index contributed by atoms with van der Waals surface area (Å²) < 4.78 is 0. The van der Waals surface area contributed by atoms with Crippen LogP contribution >= 0.6 is 0 Å². The second-order valence-electron chi connectivity index (χ2n) is 2.61. The number of nitrogens with zero attached hydrogens (tertiary/aromatic N) is 1. The van der Waals surface area contributed by atoms with Crippen LogP contribution in [0.2, 0.25) is 0 Å². The first-order valence-electron chi connectivity index (χ1n) is 3.22. The van der Waals surface area contributed by atoms with Crippen LogP contribution in [0.15, 0.2) is 12.2 Å². The van der Waals surface area contributed by atoms with E-state index in [1.165, 1.54) is 0 Å². The molecule has 0 N–H and O–H groups in total. The number of carbonyl (C=O) groups is 1. The molecule has 2 nitrogen and oxygen atoms in total. The molecule has 0 amide bonds. The summed E-state index contributed by atoms with van der Waals surface area (Å²) in [6, 6.07) is 0. The van der Waals surface area contributed by atoms with Crippen molar-refractivity contribution in [2.75, 3.05) is 20.6 Å². The van der Waals surface area contributed by atoms with Gasteiger partial charge >= 0.3 is 0 Å².